The van der Waals surface area contributed by atoms with Crippen LogP contribution in [0.4, 0.5) is 0 Å². The van der Waals surface area contributed by atoms with Gasteiger partial charge in [0.25, 0.3) is 0 Å². The zero-order valence-corrected chi connectivity index (χ0v) is 13.6. The van der Waals surface area contributed by atoms with Gasteiger partial charge in [-0.25, -0.2) is 0 Å². The van der Waals surface area contributed by atoms with Crippen molar-refractivity contribution in [2.75, 3.05) is 0 Å². The lowest BCUT2D eigenvalue weighted by molar-refractivity contribution is 0.749. The lowest BCUT2D eigenvalue weighted by Gasteiger charge is -2.05. The second kappa shape index (κ2) is 7.12. The standard InChI is InChI=1S/C18H16N4S/c1-22-17(11-14-7-3-2-4-8-14)20-21-18(22)23-13-16-10-6-5-9-15(16)12-19/h2-10H,11,13H2,1H3. The fourth-order valence-electron chi connectivity index (χ4n) is 2.30. The zero-order chi connectivity index (χ0) is 16.1. The topological polar surface area (TPSA) is 54.5 Å². The molecule has 0 aliphatic carbocycles. The lowest BCUT2D eigenvalue weighted by Crippen LogP contribution is -2.00. The molecule has 0 N–H and O–H groups in total. The summed E-state index contributed by atoms with van der Waals surface area (Å²) in [4.78, 5) is 0. The summed E-state index contributed by atoms with van der Waals surface area (Å²) >= 11 is 1.60. The molecule has 3 aromatic rings. The summed E-state index contributed by atoms with van der Waals surface area (Å²) in [5.74, 6) is 1.65. The van der Waals surface area contributed by atoms with Gasteiger partial charge < -0.3 is 4.57 Å². The van der Waals surface area contributed by atoms with Crippen LogP contribution in [-0.2, 0) is 19.2 Å². The second-order valence-corrected chi connectivity index (χ2v) is 6.12. The van der Waals surface area contributed by atoms with Crippen LogP contribution >= 0.6 is 11.8 Å². The van der Waals surface area contributed by atoms with Gasteiger partial charge in [-0.05, 0) is 17.2 Å². The Balaban J connectivity index is 1.71. The average molecular weight is 320 g/mol. The first-order chi connectivity index (χ1) is 11.3. The number of hydrogen-bond donors (Lipinski definition) is 0. The minimum Gasteiger partial charge on any atom is -0.309 e. The van der Waals surface area contributed by atoms with Crippen LogP contribution in [0.1, 0.15) is 22.5 Å². The number of nitrogens with zero attached hydrogens (tertiary/aromatic N) is 4. The van der Waals surface area contributed by atoms with E-state index in [1.807, 2.05) is 54.1 Å². The molecule has 0 bridgehead atoms. The third-order valence-corrected chi connectivity index (χ3v) is 4.69. The molecular weight excluding hydrogens is 304 g/mol. The van der Waals surface area contributed by atoms with E-state index in [-0.39, 0.29) is 0 Å². The Kier molecular flexibility index (Phi) is 4.74. The van der Waals surface area contributed by atoms with Gasteiger partial charge in [0.05, 0.1) is 11.6 Å². The van der Waals surface area contributed by atoms with Crippen molar-refractivity contribution < 1.29 is 0 Å². The Morgan fingerprint density at radius 3 is 2.57 bits per heavy atom. The molecule has 0 fully saturated rings. The van der Waals surface area contributed by atoms with Gasteiger partial charge in [0, 0.05) is 19.2 Å². The maximum absolute atomic E-state index is 9.15. The Morgan fingerprint density at radius 1 is 1.04 bits per heavy atom. The van der Waals surface area contributed by atoms with Gasteiger partial charge in [0.1, 0.15) is 5.82 Å². The van der Waals surface area contributed by atoms with Crippen LogP contribution in [0.3, 0.4) is 0 Å². The number of benzene rings is 2. The highest BCUT2D eigenvalue weighted by molar-refractivity contribution is 7.98. The van der Waals surface area contributed by atoms with Gasteiger partial charge in [0.15, 0.2) is 5.16 Å². The minimum absolute atomic E-state index is 0.709. The Morgan fingerprint density at radius 2 is 1.78 bits per heavy atom. The highest BCUT2D eigenvalue weighted by atomic mass is 32.2. The molecule has 3 rings (SSSR count). The summed E-state index contributed by atoms with van der Waals surface area (Å²) in [5, 5.41) is 18.6. The molecule has 23 heavy (non-hydrogen) atoms. The number of thioether (sulfide) groups is 1. The maximum Gasteiger partial charge on any atom is 0.191 e. The first kappa shape index (κ1) is 15.3. The summed E-state index contributed by atoms with van der Waals surface area (Å²) in [6, 6.07) is 20.1. The van der Waals surface area contributed by atoms with Gasteiger partial charge in [0.2, 0.25) is 0 Å². The number of hydrogen-bond acceptors (Lipinski definition) is 4. The highest BCUT2D eigenvalue weighted by Gasteiger charge is 2.11. The van der Waals surface area contributed by atoms with E-state index in [1.165, 1.54) is 5.56 Å². The van der Waals surface area contributed by atoms with Gasteiger partial charge in [-0.3, -0.25) is 0 Å². The number of aromatic nitrogens is 3. The van der Waals surface area contributed by atoms with Crippen LogP contribution in [0, 0.1) is 11.3 Å². The third-order valence-electron chi connectivity index (χ3n) is 3.62. The van der Waals surface area contributed by atoms with Gasteiger partial charge >= 0.3 is 0 Å². The molecule has 1 aromatic heterocycles. The summed E-state index contributed by atoms with van der Waals surface area (Å²) in [7, 11) is 1.98. The summed E-state index contributed by atoms with van der Waals surface area (Å²) < 4.78 is 2.02. The average Bonchev–Trinajstić information content (AvgIpc) is 2.94. The Labute approximate surface area is 139 Å². The van der Waals surface area contributed by atoms with Crippen molar-refractivity contribution in [3.05, 3.63) is 77.1 Å². The van der Waals surface area contributed by atoms with Crippen molar-refractivity contribution in [3.63, 3.8) is 0 Å². The predicted octanol–water partition coefficient (Wildman–Crippen LogP) is 3.57. The molecular formula is C18H16N4S. The van der Waals surface area contributed by atoms with Gasteiger partial charge in [-0.1, -0.05) is 60.3 Å². The molecule has 2 aromatic carbocycles. The van der Waals surface area contributed by atoms with E-state index in [4.69, 9.17) is 5.26 Å². The summed E-state index contributed by atoms with van der Waals surface area (Å²) in [6.07, 6.45) is 0.764. The first-order valence-corrected chi connectivity index (χ1v) is 8.29. The van der Waals surface area contributed by atoms with Crippen molar-refractivity contribution >= 4 is 11.8 Å². The quantitative estimate of drug-likeness (QED) is 0.674. The monoisotopic (exact) mass is 320 g/mol. The van der Waals surface area contributed by atoms with E-state index < -0.39 is 0 Å². The third kappa shape index (κ3) is 3.61. The zero-order valence-electron chi connectivity index (χ0n) is 12.8. The van der Waals surface area contributed by atoms with Crippen molar-refractivity contribution in [2.24, 2.45) is 7.05 Å². The maximum atomic E-state index is 9.15. The Bertz CT molecular complexity index is 834. The van der Waals surface area contributed by atoms with Gasteiger partial charge in [-0.15, -0.1) is 10.2 Å². The largest absolute Gasteiger partial charge is 0.309 e. The van der Waals surface area contributed by atoms with Crippen LogP contribution < -0.4 is 0 Å². The van der Waals surface area contributed by atoms with Gasteiger partial charge in [-0.2, -0.15) is 5.26 Å². The van der Waals surface area contributed by atoms with E-state index in [9.17, 15) is 0 Å². The molecule has 5 heteroatoms. The fraction of sp³-hybridized carbons (Fsp3) is 0.167. The SMILES string of the molecule is Cn1c(Cc2ccccc2)nnc1SCc1ccccc1C#N. The molecule has 0 radical (unpaired) electrons. The fourth-order valence-corrected chi connectivity index (χ4v) is 3.23. The molecule has 114 valence electrons. The van der Waals surface area contributed by atoms with Crippen molar-refractivity contribution in [3.8, 4) is 6.07 Å². The van der Waals surface area contributed by atoms with Crippen LogP contribution in [0.25, 0.3) is 0 Å². The smallest absolute Gasteiger partial charge is 0.191 e. The predicted molar refractivity (Wildman–Crippen MR) is 91.0 cm³/mol. The van der Waals surface area contributed by atoms with E-state index in [1.54, 1.807) is 11.8 Å². The summed E-state index contributed by atoms with van der Waals surface area (Å²) in [5.41, 5.74) is 2.95. The molecule has 1 heterocycles. The molecule has 0 aliphatic rings. The van der Waals surface area contributed by atoms with Crippen LogP contribution in [-0.4, -0.2) is 14.8 Å². The molecule has 4 nitrogen and oxygen atoms in total. The molecule has 0 atom stereocenters. The minimum atomic E-state index is 0.709. The van der Waals surface area contributed by atoms with Crippen molar-refractivity contribution in [1.82, 2.24) is 14.8 Å². The van der Waals surface area contributed by atoms with E-state index in [0.717, 1.165) is 23.0 Å². The van der Waals surface area contributed by atoms with Crippen molar-refractivity contribution in [2.45, 2.75) is 17.3 Å². The van der Waals surface area contributed by atoms with Crippen LogP contribution in [0.5, 0.6) is 0 Å². The Hall–Kier alpha value is -2.58. The first-order valence-electron chi connectivity index (χ1n) is 7.31. The number of nitriles is 1. The lowest BCUT2D eigenvalue weighted by atomic mass is 10.1. The van der Waals surface area contributed by atoms with Crippen LogP contribution in [0.2, 0.25) is 0 Å². The second-order valence-electron chi connectivity index (χ2n) is 5.18. The van der Waals surface area contributed by atoms with Crippen LogP contribution in [0.15, 0.2) is 59.8 Å². The highest BCUT2D eigenvalue weighted by Crippen LogP contribution is 2.23. The molecule has 0 saturated carbocycles. The molecule has 0 amide bonds. The molecule has 0 spiro atoms. The van der Waals surface area contributed by atoms with E-state index in [0.29, 0.717) is 11.3 Å². The van der Waals surface area contributed by atoms with Crippen molar-refractivity contribution in [1.29, 1.82) is 5.26 Å². The van der Waals surface area contributed by atoms with E-state index in [2.05, 4.69) is 28.4 Å². The number of rotatable bonds is 5. The van der Waals surface area contributed by atoms with E-state index >= 15 is 0 Å². The molecule has 0 aliphatic heterocycles. The summed E-state index contributed by atoms with van der Waals surface area (Å²) in [6.45, 7) is 0. The molecule has 0 unspecified atom stereocenters. The molecule has 0 saturated heterocycles. The normalized spacial score (nSPS) is 10.4.